The number of rotatable bonds is 7. The van der Waals surface area contributed by atoms with Crippen LogP contribution in [0.25, 0.3) is 11.1 Å². The van der Waals surface area contributed by atoms with Crippen molar-refractivity contribution in [3.63, 3.8) is 0 Å². The highest BCUT2D eigenvalue weighted by Crippen LogP contribution is 2.26. The Morgan fingerprint density at radius 3 is 2.68 bits per heavy atom. The highest BCUT2D eigenvalue weighted by molar-refractivity contribution is 6.35. The molecule has 10 nitrogen and oxygen atoms in total. The van der Waals surface area contributed by atoms with Crippen LogP contribution >= 0.6 is 23.2 Å². The molecule has 0 aliphatic heterocycles. The average molecular weight is 468 g/mol. The zero-order valence-corrected chi connectivity index (χ0v) is 17.5. The fraction of sp³-hybridized carbons (Fsp3) is 0.211. The van der Waals surface area contributed by atoms with E-state index >= 15 is 0 Å². The topological polar surface area (TPSA) is 134 Å². The van der Waals surface area contributed by atoms with Crippen LogP contribution in [0.5, 0.6) is 0 Å². The van der Waals surface area contributed by atoms with Crippen LogP contribution in [0, 0.1) is 10.1 Å². The number of nitro groups is 1. The van der Waals surface area contributed by atoms with Crippen molar-refractivity contribution in [3.8, 4) is 0 Å². The van der Waals surface area contributed by atoms with Crippen LogP contribution in [0.3, 0.4) is 0 Å². The third kappa shape index (κ3) is 5.22. The first-order chi connectivity index (χ1) is 14.7. The van der Waals surface area contributed by atoms with Gasteiger partial charge in [-0.25, -0.2) is 4.79 Å². The summed E-state index contributed by atoms with van der Waals surface area (Å²) < 4.78 is 10.8. The third-order valence-electron chi connectivity index (χ3n) is 4.32. The van der Waals surface area contributed by atoms with E-state index in [1.54, 1.807) is 25.1 Å². The lowest BCUT2D eigenvalue weighted by atomic mass is 10.1. The molecule has 1 atom stereocenters. The lowest BCUT2D eigenvalue weighted by Crippen LogP contribution is -2.32. The quantitative estimate of drug-likeness (QED) is 0.320. The zero-order valence-electron chi connectivity index (χ0n) is 16.0. The Labute approximate surface area is 184 Å². The van der Waals surface area contributed by atoms with E-state index in [0.717, 1.165) is 10.6 Å². The Bertz CT molecular complexity index is 1230. The molecule has 0 aliphatic rings. The number of halogens is 2. The molecule has 162 valence electrons. The molecule has 1 heterocycles. The number of carbonyl (C=O) groups excluding carboxylic acids is 2. The standard InChI is InChI=1S/C19H15Cl2N3O7/c1-10(13-4-2-11(20)6-14(13)21)22-17(25)9-30-18(26)8-23-15-5-3-12(24(28)29)7-16(15)31-19(23)27/h2-7,10H,8-9H2,1H3,(H,22,25). The number of nitro benzene ring substituents is 1. The molecule has 0 spiro atoms. The van der Waals surface area contributed by atoms with Crippen LogP contribution in [0.15, 0.2) is 45.6 Å². The minimum atomic E-state index is -0.886. The minimum Gasteiger partial charge on any atom is -0.454 e. The van der Waals surface area contributed by atoms with Crippen LogP contribution in [-0.4, -0.2) is 28.0 Å². The van der Waals surface area contributed by atoms with Gasteiger partial charge in [-0.2, -0.15) is 0 Å². The molecule has 1 N–H and O–H groups in total. The molecule has 0 bridgehead atoms. The van der Waals surface area contributed by atoms with E-state index in [4.69, 9.17) is 32.4 Å². The number of fused-ring (bicyclic) bond motifs is 1. The highest BCUT2D eigenvalue weighted by atomic mass is 35.5. The molecular weight excluding hydrogens is 453 g/mol. The van der Waals surface area contributed by atoms with E-state index in [1.165, 1.54) is 12.1 Å². The van der Waals surface area contributed by atoms with Crippen LogP contribution in [-0.2, 0) is 20.9 Å². The Hall–Kier alpha value is -3.37. The van der Waals surface area contributed by atoms with Crippen LogP contribution in [0.2, 0.25) is 10.0 Å². The predicted molar refractivity (Wildman–Crippen MR) is 111 cm³/mol. The van der Waals surface area contributed by atoms with Gasteiger partial charge in [0.2, 0.25) is 0 Å². The molecule has 1 aromatic heterocycles. The van der Waals surface area contributed by atoms with Crippen LogP contribution < -0.4 is 11.1 Å². The maximum Gasteiger partial charge on any atom is 0.420 e. The van der Waals surface area contributed by atoms with Crippen molar-refractivity contribution in [2.24, 2.45) is 0 Å². The van der Waals surface area contributed by atoms with Crippen molar-refractivity contribution in [2.75, 3.05) is 6.61 Å². The number of hydrogen-bond donors (Lipinski definition) is 1. The molecule has 12 heteroatoms. The molecule has 31 heavy (non-hydrogen) atoms. The number of carbonyl (C=O) groups is 2. The normalized spacial score (nSPS) is 11.8. The molecule has 1 amide bonds. The number of ether oxygens (including phenoxy) is 1. The molecule has 0 aliphatic carbocycles. The zero-order chi connectivity index (χ0) is 22.7. The summed E-state index contributed by atoms with van der Waals surface area (Å²) in [6, 6.07) is 7.92. The second-order valence-electron chi connectivity index (χ2n) is 6.48. The first-order valence-corrected chi connectivity index (χ1v) is 9.59. The van der Waals surface area contributed by atoms with E-state index in [2.05, 4.69) is 5.32 Å². The van der Waals surface area contributed by atoms with E-state index in [9.17, 15) is 24.5 Å². The monoisotopic (exact) mass is 467 g/mol. The largest absolute Gasteiger partial charge is 0.454 e. The van der Waals surface area contributed by atoms with Gasteiger partial charge < -0.3 is 14.5 Å². The third-order valence-corrected chi connectivity index (χ3v) is 4.88. The number of amides is 1. The summed E-state index contributed by atoms with van der Waals surface area (Å²) in [5.41, 5.74) is 0.514. The summed E-state index contributed by atoms with van der Waals surface area (Å²) >= 11 is 12.0. The Morgan fingerprint density at radius 1 is 1.26 bits per heavy atom. The second kappa shape index (κ2) is 9.19. The SMILES string of the molecule is CC(NC(=O)COC(=O)Cn1c(=O)oc2cc([N+](=O)[O-])ccc21)c1ccc(Cl)cc1Cl. The van der Waals surface area contributed by atoms with Gasteiger partial charge in [0.15, 0.2) is 12.2 Å². The van der Waals surface area contributed by atoms with E-state index < -0.39 is 41.7 Å². The van der Waals surface area contributed by atoms with Gasteiger partial charge in [-0.05, 0) is 30.7 Å². The predicted octanol–water partition coefficient (Wildman–Crippen LogP) is 3.23. The fourth-order valence-electron chi connectivity index (χ4n) is 2.85. The first kappa shape index (κ1) is 22.3. The molecule has 0 radical (unpaired) electrons. The summed E-state index contributed by atoms with van der Waals surface area (Å²) in [6.07, 6.45) is 0. The van der Waals surface area contributed by atoms with Gasteiger partial charge in [0.05, 0.1) is 22.5 Å². The minimum absolute atomic E-state index is 0.0431. The molecular formula is C19H15Cl2N3O7. The summed E-state index contributed by atoms with van der Waals surface area (Å²) in [4.78, 5) is 46.3. The molecule has 0 saturated carbocycles. The summed E-state index contributed by atoms with van der Waals surface area (Å²) in [5.74, 6) is -2.33. The Morgan fingerprint density at radius 2 is 2.00 bits per heavy atom. The van der Waals surface area contributed by atoms with Gasteiger partial charge in [0.25, 0.3) is 11.6 Å². The van der Waals surface area contributed by atoms with E-state index in [-0.39, 0.29) is 16.8 Å². The van der Waals surface area contributed by atoms with Gasteiger partial charge in [0, 0.05) is 16.1 Å². The molecule has 0 fully saturated rings. The smallest absolute Gasteiger partial charge is 0.420 e. The molecule has 3 aromatic rings. The molecule has 0 saturated heterocycles. The van der Waals surface area contributed by atoms with Crippen molar-refractivity contribution in [1.29, 1.82) is 0 Å². The molecule has 2 aromatic carbocycles. The van der Waals surface area contributed by atoms with Gasteiger partial charge in [-0.3, -0.25) is 24.3 Å². The fourth-order valence-corrected chi connectivity index (χ4v) is 3.42. The van der Waals surface area contributed by atoms with Gasteiger partial charge in [-0.1, -0.05) is 29.3 Å². The number of nitrogens with zero attached hydrogens (tertiary/aromatic N) is 2. The summed E-state index contributed by atoms with van der Waals surface area (Å²) in [7, 11) is 0. The van der Waals surface area contributed by atoms with Crippen molar-refractivity contribution in [3.05, 3.63) is 72.7 Å². The summed E-state index contributed by atoms with van der Waals surface area (Å²) in [5, 5.41) is 14.3. The molecule has 1 unspecified atom stereocenters. The highest BCUT2D eigenvalue weighted by Gasteiger charge is 2.18. The number of oxazole rings is 1. The maximum absolute atomic E-state index is 12.1. The van der Waals surface area contributed by atoms with Crippen molar-refractivity contribution >= 4 is 51.9 Å². The number of aromatic nitrogens is 1. The number of nitrogens with one attached hydrogen (secondary N) is 1. The Balaban J connectivity index is 1.60. The van der Waals surface area contributed by atoms with E-state index in [0.29, 0.717) is 15.6 Å². The van der Waals surface area contributed by atoms with Gasteiger partial charge in [-0.15, -0.1) is 0 Å². The van der Waals surface area contributed by atoms with Gasteiger partial charge >= 0.3 is 11.7 Å². The van der Waals surface area contributed by atoms with Crippen molar-refractivity contribution in [2.45, 2.75) is 19.5 Å². The van der Waals surface area contributed by atoms with Crippen LogP contribution in [0.1, 0.15) is 18.5 Å². The summed E-state index contributed by atoms with van der Waals surface area (Å²) in [6.45, 7) is 0.588. The van der Waals surface area contributed by atoms with Gasteiger partial charge in [0.1, 0.15) is 6.54 Å². The Kier molecular flexibility index (Phi) is 6.62. The number of esters is 1. The molecule has 3 rings (SSSR count). The van der Waals surface area contributed by atoms with E-state index in [1.807, 2.05) is 0 Å². The lowest BCUT2D eigenvalue weighted by molar-refractivity contribution is -0.384. The van der Waals surface area contributed by atoms with Crippen molar-refractivity contribution < 1.29 is 23.7 Å². The lowest BCUT2D eigenvalue weighted by Gasteiger charge is -2.16. The first-order valence-electron chi connectivity index (χ1n) is 8.83. The number of hydrogen-bond acceptors (Lipinski definition) is 7. The van der Waals surface area contributed by atoms with Crippen molar-refractivity contribution in [1.82, 2.24) is 9.88 Å². The maximum atomic E-state index is 12.1. The second-order valence-corrected chi connectivity index (χ2v) is 7.32. The number of non-ortho nitro benzene ring substituents is 1. The average Bonchev–Trinajstić information content (AvgIpc) is 3.00. The van der Waals surface area contributed by atoms with Crippen LogP contribution in [0.4, 0.5) is 5.69 Å². The number of benzene rings is 2.